The average Bonchev–Trinajstić information content (AvgIpc) is 2.00. The number of carbonyl (C=O) groups excluding carboxylic acids is 1. The lowest BCUT2D eigenvalue weighted by molar-refractivity contribution is -0.117. The minimum Gasteiger partial charge on any atom is -0.388 e. The second kappa shape index (κ2) is 4.63. The molecule has 2 heteroatoms. The van der Waals surface area contributed by atoms with Gasteiger partial charge in [0.15, 0.2) is 5.78 Å². The fourth-order valence-electron chi connectivity index (χ4n) is 1.89. The van der Waals surface area contributed by atoms with E-state index in [2.05, 4.69) is 26.1 Å². The molecule has 1 aliphatic rings. The van der Waals surface area contributed by atoms with Crippen molar-refractivity contribution < 1.29 is 4.79 Å². The number of unbranched alkanes of at least 4 members (excludes halogenated alkanes) is 1. The van der Waals surface area contributed by atoms with Gasteiger partial charge in [0.2, 0.25) is 0 Å². The maximum Gasteiger partial charge on any atom is 0.157 e. The average molecular weight is 195 g/mol. The molecule has 0 saturated carbocycles. The van der Waals surface area contributed by atoms with Crippen molar-refractivity contribution in [1.82, 2.24) is 5.32 Å². The van der Waals surface area contributed by atoms with Gasteiger partial charge in [-0.3, -0.25) is 4.79 Å². The van der Waals surface area contributed by atoms with E-state index in [4.69, 9.17) is 0 Å². The highest BCUT2D eigenvalue weighted by Gasteiger charge is 2.26. The zero-order chi connectivity index (χ0) is 10.6. The van der Waals surface area contributed by atoms with E-state index in [0.717, 1.165) is 18.7 Å². The largest absolute Gasteiger partial charge is 0.388 e. The second-order valence-electron chi connectivity index (χ2n) is 4.93. The topological polar surface area (TPSA) is 29.1 Å². The zero-order valence-corrected chi connectivity index (χ0v) is 9.52. The number of allylic oxidation sites excluding steroid dienone is 2. The molecule has 0 heterocycles. The molecule has 0 atom stereocenters. The Balaban J connectivity index is 2.48. The summed E-state index contributed by atoms with van der Waals surface area (Å²) in [5.74, 6) is 0.264. The van der Waals surface area contributed by atoms with Crippen LogP contribution in [-0.2, 0) is 4.79 Å². The van der Waals surface area contributed by atoms with Crippen LogP contribution in [0.4, 0.5) is 0 Å². The molecule has 0 aromatic carbocycles. The van der Waals surface area contributed by atoms with Crippen LogP contribution in [0.15, 0.2) is 11.8 Å². The summed E-state index contributed by atoms with van der Waals surface area (Å²) in [4.78, 5) is 11.4. The molecule has 0 fully saturated rings. The van der Waals surface area contributed by atoms with Gasteiger partial charge in [-0.05, 0) is 18.3 Å². The summed E-state index contributed by atoms with van der Waals surface area (Å²) >= 11 is 0. The van der Waals surface area contributed by atoms with E-state index in [0.29, 0.717) is 6.42 Å². The van der Waals surface area contributed by atoms with E-state index in [-0.39, 0.29) is 11.2 Å². The Morgan fingerprint density at radius 2 is 2.14 bits per heavy atom. The molecule has 1 aliphatic carbocycles. The van der Waals surface area contributed by atoms with Crippen molar-refractivity contribution in [3.63, 3.8) is 0 Å². The molecular weight excluding hydrogens is 174 g/mol. The van der Waals surface area contributed by atoms with Gasteiger partial charge >= 0.3 is 0 Å². The Bertz CT molecular complexity index is 241. The normalized spacial score (nSPS) is 20.5. The van der Waals surface area contributed by atoms with Crippen molar-refractivity contribution in [2.75, 3.05) is 6.54 Å². The van der Waals surface area contributed by atoms with Gasteiger partial charge in [0.05, 0.1) is 0 Å². The Kier molecular flexibility index (Phi) is 3.73. The summed E-state index contributed by atoms with van der Waals surface area (Å²) in [7, 11) is 0. The zero-order valence-electron chi connectivity index (χ0n) is 9.52. The Hall–Kier alpha value is -0.790. The van der Waals surface area contributed by atoms with E-state index < -0.39 is 0 Å². The highest BCUT2D eigenvalue weighted by Crippen LogP contribution is 2.32. The first-order valence-corrected chi connectivity index (χ1v) is 5.51. The standard InChI is InChI=1S/C12H21NO/c1-4-5-6-13-10-7-11(14)9-12(2,3)8-10/h7,13H,4-6,8-9H2,1-3H3. The van der Waals surface area contributed by atoms with Crippen molar-refractivity contribution in [1.29, 1.82) is 0 Å². The van der Waals surface area contributed by atoms with Gasteiger partial charge in [-0.2, -0.15) is 0 Å². The molecule has 0 spiro atoms. The number of rotatable bonds is 4. The van der Waals surface area contributed by atoms with Crippen LogP contribution in [0, 0.1) is 5.41 Å². The van der Waals surface area contributed by atoms with Crippen molar-refractivity contribution in [2.24, 2.45) is 5.41 Å². The van der Waals surface area contributed by atoms with Crippen LogP contribution in [-0.4, -0.2) is 12.3 Å². The first-order chi connectivity index (χ1) is 6.53. The molecule has 2 nitrogen and oxygen atoms in total. The first-order valence-electron chi connectivity index (χ1n) is 5.51. The molecule has 0 radical (unpaired) electrons. The van der Waals surface area contributed by atoms with Crippen LogP contribution in [0.1, 0.15) is 46.5 Å². The lowest BCUT2D eigenvalue weighted by atomic mass is 9.79. The first kappa shape index (κ1) is 11.3. The lowest BCUT2D eigenvalue weighted by Gasteiger charge is -2.29. The van der Waals surface area contributed by atoms with Crippen LogP contribution >= 0.6 is 0 Å². The summed E-state index contributed by atoms with van der Waals surface area (Å²) in [5.41, 5.74) is 1.26. The summed E-state index contributed by atoms with van der Waals surface area (Å²) in [6.07, 6.45) is 5.83. The minimum atomic E-state index is 0.139. The van der Waals surface area contributed by atoms with Gasteiger partial charge in [0, 0.05) is 24.7 Å². The van der Waals surface area contributed by atoms with Crippen LogP contribution < -0.4 is 5.32 Å². The van der Waals surface area contributed by atoms with Gasteiger partial charge in [-0.15, -0.1) is 0 Å². The quantitative estimate of drug-likeness (QED) is 0.699. The van der Waals surface area contributed by atoms with Crippen molar-refractivity contribution in [2.45, 2.75) is 46.5 Å². The maximum atomic E-state index is 11.4. The lowest BCUT2D eigenvalue weighted by Crippen LogP contribution is -2.28. The summed E-state index contributed by atoms with van der Waals surface area (Å²) < 4.78 is 0. The second-order valence-corrected chi connectivity index (χ2v) is 4.93. The predicted octanol–water partition coefficient (Wildman–Crippen LogP) is 2.65. The fraction of sp³-hybridized carbons (Fsp3) is 0.750. The Morgan fingerprint density at radius 1 is 1.43 bits per heavy atom. The van der Waals surface area contributed by atoms with Gasteiger partial charge < -0.3 is 5.32 Å². The van der Waals surface area contributed by atoms with E-state index in [9.17, 15) is 4.79 Å². The molecule has 1 N–H and O–H groups in total. The third kappa shape index (κ3) is 3.52. The van der Waals surface area contributed by atoms with Crippen LogP contribution in [0.3, 0.4) is 0 Å². The van der Waals surface area contributed by atoms with Gasteiger partial charge in [-0.1, -0.05) is 27.2 Å². The van der Waals surface area contributed by atoms with E-state index in [1.165, 1.54) is 12.8 Å². The highest BCUT2D eigenvalue weighted by atomic mass is 16.1. The minimum absolute atomic E-state index is 0.139. The molecule has 0 aliphatic heterocycles. The molecule has 1 rings (SSSR count). The predicted molar refractivity (Wildman–Crippen MR) is 59.0 cm³/mol. The molecule has 0 saturated heterocycles. The van der Waals surface area contributed by atoms with Crippen LogP contribution in [0.2, 0.25) is 0 Å². The molecule has 80 valence electrons. The maximum absolute atomic E-state index is 11.4. The summed E-state index contributed by atoms with van der Waals surface area (Å²) in [6, 6.07) is 0. The Labute approximate surface area is 86.8 Å². The monoisotopic (exact) mass is 195 g/mol. The molecule has 0 unspecified atom stereocenters. The molecule has 0 aromatic rings. The van der Waals surface area contributed by atoms with Gasteiger partial charge in [-0.25, -0.2) is 0 Å². The number of carbonyl (C=O) groups is 1. The van der Waals surface area contributed by atoms with Crippen LogP contribution in [0.5, 0.6) is 0 Å². The van der Waals surface area contributed by atoms with Crippen molar-refractivity contribution in [3.05, 3.63) is 11.8 Å². The van der Waals surface area contributed by atoms with Crippen LogP contribution in [0.25, 0.3) is 0 Å². The molecule has 0 amide bonds. The highest BCUT2D eigenvalue weighted by molar-refractivity contribution is 5.91. The van der Waals surface area contributed by atoms with Crippen molar-refractivity contribution >= 4 is 5.78 Å². The van der Waals surface area contributed by atoms with Crippen molar-refractivity contribution in [3.8, 4) is 0 Å². The number of hydrogen-bond donors (Lipinski definition) is 1. The number of ketones is 1. The molecular formula is C12H21NO. The number of nitrogens with one attached hydrogen (secondary N) is 1. The third-order valence-electron chi connectivity index (χ3n) is 2.54. The number of hydrogen-bond acceptors (Lipinski definition) is 2. The van der Waals surface area contributed by atoms with Gasteiger partial charge in [0.1, 0.15) is 0 Å². The summed E-state index contributed by atoms with van der Waals surface area (Å²) in [5, 5.41) is 3.35. The molecule has 0 aromatic heterocycles. The molecule has 0 bridgehead atoms. The van der Waals surface area contributed by atoms with E-state index in [1.807, 2.05) is 0 Å². The summed E-state index contributed by atoms with van der Waals surface area (Å²) in [6.45, 7) is 7.47. The molecule has 14 heavy (non-hydrogen) atoms. The fourth-order valence-corrected chi connectivity index (χ4v) is 1.89. The SMILES string of the molecule is CCCCNC1=CC(=O)CC(C)(C)C1. The smallest absolute Gasteiger partial charge is 0.157 e. The van der Waals surface area contributed by atoms with E-state index in [1.54, 1.807) is 6.08 Å². The van der Waals surface area contributed by atoms with Gasteiger partial charge in [0.25, 0.3) is 0 Å². The Morgan fingerprint density at radius 3 is 2.71 bits per heavy atom. The third-order valence-corrected chi connectivity index (χ3v) is 2.54. The van der Waals surface area contributed by atoms with E-state index >= 15 is 0 Å².